The van der Waals surface area contributed by atoms with Gasteiger partial charge in [0.05, 0.1) is 23.8 Å². The summed E-state index contributed by atoms with van der Waals surface area (Å²) in [5.74, 6) is -0.614. The molecule has 4 aliphatic heterocycles. The number of fused-ring (bicyclic) bond motifs is 4. The lowest BCUT2D eigenvalue weighted by Crippen LogP contribution is -2.60. The lowest BCUT2D eigenvalue weighted by molar-refractivity contribution is -0.121. The summed E-state index contributed by atoms with van der Waals surface area (Å²) in [4.78, 5) is 26.6. The highest BCUT2D eigenvalue weighted by molar-refractivity contribution is 5.94. The number of hydrazine groups is 2. The standard InChI is InChI=1S/C23H24FN5O3/c1-12-3-2-4-16(24)22(12)29-19(30)10-17-21(27-29)20(26-25-17)14-6-5-13-7-8-28-18(15(13)9-14)11-32-23(28)31/h2-6,9,17-18,20-21,25-27H,7-8,10-11H2,1H3. The number of nitrogens with zero attached hydrogens (tertiary/aromatic N) is 2. The van der Waals surface area contributed by atoms with Crippen molar-refractivity contribution in [3.8, 4) is 0 Å². The van der Waals surface area contributed by atoms with Crippen LogP contribution in [0.5, 0.6) is 0 Å². The molecule has 8 nitrogen and oxygen atoms in total. The van der Waals surface area contributed by atoms with Gasteiger partial charge in [0.15, 0.2) is 0 Å². The summed E-state index contributed by atoms with van der Waals surface area (Å²) in [5, 5.41) is 1.36. The van der Waals surface area contributed by atoms with Gasteiger partial charge in [0.25, 0.3) is 0 Å². The third-order valence-electron chi connectivity index (χ3n) is 7.04. The number of ether oxygens (including phenoxy) is 1. The van der Waals surface area contributed by atoms with Crippen LogP contribution < -0.4 is 21.3 Å². The molecule has 0 aromatic heterocycles. The summed E-state index contributed by atoms with van der Waals surface area (Å²) < 4.78 is 19.9. The molecule has 9 heteroatoms. The largest absolute Gasteiger partial charge is 0.447 e. The minimum atomic E-state index is -0.431. The molecule has 4 unspecified atom stereocenters. The molecule has 3 fully saturated rings. The predicted octanol–water partition coefficient (Wildman–Crippen LogP) is 2.01. The highest BCUT2D eigenvalue weighted by Gasteiger charge is 2.45. The first-order valence-corrected chi connectivity index (χ1v) is 10.9. The molecular weight excluding hydrogens is 413 g/mol. The summed E-state index contributed by atoms with van der Waals surface area (Å²) in [7, 11) is 0. The van der Waals surface area contributed by atoms with Crippen LogP contribution in [0.3, 0.4) is 0 Å². The Hall–Kier alpha value is -3.01. The van der Waals surface area contributed by atoms with Crippen molar-refractivity contribution in [3.05, 3.63) is 64.5 Å². The van der Waals surface area contributed by atoms with Gasteiger partial charge in [0.1, 0.15) is 12.4 Å². The smallest absolute Gasteiger partial charge is 0.410 e. The van der Waals surface area contributed by atoms with Gasteiger partial charge in [-0.1, -0.05) is 30.3 Å². The minimum Gasteiger partial charge on any atom is -0.447 e. The van der Waals surface area contributed by atoms with Crippen molar-refractivity contribution < 1.29 is 18.7 Å². The van der Waals surface area contributed by atoms with Crippen LogP contribution >= 0.6 is 0 Å². The number of nitrogens with one attached hydrogen (secondary N) is 3. The average Bonchev–Trinajstić information content (AvgIpc) is 3.36. The van der Waals surface area contributed by atoms with Crippen molar-refractivity contribution in [2.24, 2.45) is 0 Å². The minimum absolute atomic E-state index is 0.0604. The molecule has 4 aliphatic rings. The topological polar surface area (TPSA) is 85.9 Å². The van der Waals surface area contributed by atoms with E-state index in [9.17, 15) is 14.0 Å². The number of rotatable bonds is 2. The van der Waals surface area contributed by atoms with E-state index in [1.54, 1.807) is 24.0 Å². The van der Waals surface area contributed by atoms with Gasteiger partial charge in [0, 0.05) is 19.0 Å². The van der Waals surface area contributed by atoms with Crippen molar-refractivity contribution in [1.82, 2.24) is 21.2 Å². The maximum absolute atomic E-state index is 14.6. The first-order valence-electron chi connectivity index (χ1n) is 10.9. The second-order valence-corrected chi connectivity index (χ2v) is 8.86. The number of para-hydroxylation sites is 1. The van der Waals surface area contributed by atoms with Gasteiger partial charge in [-0.05, 0) is 41.7 Å². The van der Waals surface area contributed by atoms with Crippen LogP contribution in [-0.4, -0.2) is 42.1 Å². The summed E-state index contributed by atoms with van der Waals surface area (Å²) in [5.41, 5.74) is 14.2. The number of cyclic esters (lactones) is 1. The Morgan fingerprint density at radius 1 is 1.16 bits per heavy atom. The fourth-order valence-electron chi connectivity index (χ4n) is 5.38. The third kappa shape index (κ3) is 2.92. The Morgan fingerprint density at radius 3 is 2.88 bits per heavy atom. The lowest BCUT2D eigenvalue weighted by atomic mass is 9.87. The van der Waals surface area contributed by atoms with Crippen LogP contribution in [0.25, 0.3) is 0 Å². The Kier molecular flexibility index (Phi) is 4.46. The van der Waals surface area contributed by atoms with Crippen LogP contribution in [0.2, 0.25) is 0 Å². The van der Waals surface area contributed by atoms with E-state index in [0.717, 1.165) is 17.5 Å². The highest BCUT2D eigenvalue weighted by atomic mass is 19.1. The van der Waals surface area contributed by atoms with Gasteiger partial charge in [-0.15, -0.1) is 0 Å². The van der Waals surface area contributed by atoms with Crippen LogP contribution in [0.4, 0.5) is 14.9 Å². The predicted molar refractivity (Wildman–Crippen MR) is 114 cm³/mol. The molecule has 0 bridgehead atoms. The summed E-state index contributed by atoms with van der Waals surface area (Å²) >= 11 is 0. The van der Waals surface area contributed by atoms with Crippen molar-refractivity contribution in [2.75, 3.05) is 18.2 Å². The monoisotopic (exact) mass is 437 g/mol. The fourth-order valence-corrected chi connectivity index (χ4v) is 5.38. The summed E-state index contributed by atoms with van der Waals surface area (Å²) in [6, 6.07) is 10.7. The van der Waals surface area contributed by atoms with E-state index in [1.807, 2.05) is 0 Å². The molecular formula is C23H24FN5O3. The molecule has 0 aliphatic carbocycles. The normalized spacial score (nSPS) is 28.9. The third-order valence-corrected chi connectivity index (χ3v) is 7.04. The van der Waals surface area contributed by atoms with Crippen molar-refractivity contribution in [1.29, 1.82) is 0 Å². The maximum atomic E-state index is 14.6. The van der Waals surface area contributed by atoms with E-state index in [1.165, 1.54) is 16.6 Å². The van der Waals surface area contributed by atoms with E-state index < -0.39 is 5.82 Å². The summed E-state index contributed by atoms with van der Waals surface area (Å²) in [6.45, 7) is 2.83. The van der Waals surface area contributed by atoms with Crippen LogP contribution in [-0.2, 0) is 16.0 Å². The van der Waals surface area contributed by atoms with Gasteiger partial charge in [0.2, 0.25) is 5.91 Å². The second-order valence-electron chi connectivity index (χ2n) is 8.86. The molecule has 0 saturated carbocycles. The highest BCUT2D eigenvalue weighted by Crippen LogP contribution is 2.38. The van der Waals surface area contributed by atoms with Crippen molar-refractivity contribution in [3.63, 3.8) is 0 Å². The van der Waals surface area contributed by atoms with Gasteiger partial charge in [-0.2, -0.15) is 0 Å². The van der Waals surface area contributed by atoms with E-state index in [0.29, 0.717) is 18.7 Å². The molecule has 32 heavy (non-hydrogen) atoms. The Balaban J connectivity index is 1.32. The van der Waals surface area contributed by atoms with Crippen LogP contribution in [0.1, 0.15) is 40.8 Å². The van der Waals surface area contributed by atoms with E-state index >= 15 is 0 Å². The Bertz CT molecular complexity index is 1100. The number of halogens is 1. The zero-order valence-electron chi connectivity index (χ0n) is 17.6. The Morgan fingerprint density at radius 2 is 2.03 bits per heavy atom. The van der Waals surface area contributed by atoms with Gasteiger partial charge >= 0.3 is 6.09 Å². The molecule has 2 amide bonds. The maximum Gasteiger partial charge on any atom is 0.410 e. The molecule has 6 rings (SSSR count). The number of carbonyl (C=O) groups is 2. The van der Waals surface area contributed by atoms with Gasteiger partial charge in [-0.25, -0.2) is 25.0 Å². The zero-order chi connectivity index (χ0) is 22.0. The molecule has 0 radical (unpaired) electrons. The van der Waals surface area contributed by atoms with E-state index in [2.05, 4.69) is 34.5 Å². The van der Waals surface area contributed by atoms with Crippen molar-refractivity contribution >= 4 is 17.7 Å². The first-order chi connectivity index (χ1) is 15.5. The molecule has 4 heterocycles. The molecule has 3 saturated heterocycles. The summed E-state index contributed by atoms with van der Waals surface area (Å²) in [6.07, 6.45) is 0.796. The fraction of sp³-hybridized carbons (Fsp3) is 0.391. The lowest BCUT2D eigenvalue weighted by Gasteiger charge is -2.38. The number of carbonyl (C=O) groups excluding carboxylic acids is 2. The zero-order valence-corrected chi connectivity index (χ0v) is 17.6. The number of anilines is 1. The van der Waals surface area contributed by atoms with E-state index in [4.69, 9.17) is 4.74 Å². The molecule has 0 spiro atoms. The second kappa shape index (κ2) is 7.26. The van der Waals surface area contributed by atoms with Crippen LogP contribution in [0, 0.1) is 12.7 Å². The molecule has 4 atom stereocenters. The number of hydrogen-bond donors (Lipinski definition) is 3. The quantitative estimate of drug-likeness (QED) is 0.667. The first kappa shape index (κ1) is 19.7. The Labute approximate surface area is 184 Å². The molecule has 2 aromatic carbocycles. The average molecular weight is 437 g/mol. The molecule has 2 aromatic rings. The van der Waals surface area contributed by atoms with Gasteiger partial charge in [-0.3, -0.25) is 15.1 Å². The SMILES string of the molecule is Cc1cccc(F)c1N1NC2C(CC1=O)NNC2c1ccc2c(c1)C1COC(=O)N1CC2. The number of aryl methyl sites for hydroxylation is 1. The van der Waals surface area contributed by atoms with E-state index in [-0.39, 0.29) is 48.3 Å². The molecule has 166 valence electrons. The molecule has 3 N–H and O–H groups in total. The van der Waals surface area contributed by atoms with Crippen LogP contribution in [0.15, 0.2) is 36.4 Å². The van der Waals surface area contributed by atoms with Gasteiger partial charge < -0.3 is 4.74 Å². The van der Waals surface area contributed by atoms with Crippen molar-refractivity contribution in [2.45, 2.75) is 43.9 Å². The number of hydrogen-bond acceptors (Lipinski definition) is 6. The number of benzene rings is 2. The number of amides is 2.